The molecule has 0 radical (unpaired) electrons. The Morgan fingerprint density at radius 1 is 1.37 bits per heavy atom. The van der Waals surface area contributed by atoms with Crippen LogP contribution in [0.2, 0.25) is 0 Å². The van der Waals surface area contributed by atoms with Gasteiger partial charge in [0.1, 0.15) is 6.61 Å². The molecule has 3 rings (SSSR count). The minimum atomic E-state index is 0.104. The molecule has 2 aliphatic rings. The molecule has 1 aromatic carbocycles. The fourth-order valence-electron chi connectivity index (χ4n) is 2.72. The maximum Gasteiger partial charge on any atom is 0.257 e. The van der Waals surface area contributed by atoms with Crippen LogP contribution in [0.15, 0.2) is 18.2 Å². The molecule has 0 aliphatic carbocycles. The van der Waals surface area contributed by atoms with Crippen LogP contribution in [0.3, 0.4) is 0 Å². The fourth-order valence-corrected chi connectivity index (χ4v) is 2.72. The highest BCUT2D eigenvalue weighted by atomic mass is 16.5. The first-order valence-electron chi connectivity index (χ1n) is 7.04. The molecular formula is C15H20N2O2. The maximum atomic E-state index is 12.6. The van der Waals surface area contributed by atoms with E-state index < -0.39 is 0 Å². The van der Waals surface area contributed by atoms with Gasteiger partial charge in [0, 0.05) is 19.6 Å². The third-order valence-electron chi connectivity index (χ3n) is 3.98. The molecule has 1 fully saturated rings. The Morgan fingerprint density at radius 2 is 2.16 bits per heavy atom. The molecule has 0 spiro atoms. The van der Waals surface area contributed by atoms with Crippen LogP contribution in [0.5, 0.6) is 5.75 Å². The molecule has 4 heteroatoms. The summed E-state index contributed by atoms with van der Waals surface area (Å²) in [5.74, 6) is 1.55. The lowest BCUT2D eigenvalue weighted by atomic mass is 9.98. The van der Waals surface area contributed by atoms with Crippen LogP contribution in [-0.4, -0.2) is 37.0 Å². The average Bonchev–Trinajstić information content (AvgIpc) is 2.47. The quantitative estimate of drug-likeness (QED) is 0.843. The number of hydrogen-bond donors (Lipinski definition) is 1. The van der Waals surface area contributed by atoms with Crippen molar-refractivity contribution in [3.05, 3.63) is 23.8 Å². The Bertz CT molecular complexity index is 479. The molecule has 1 saturated heterocycles. The van der Waals surface area contributed by atoms with E-state index in [1.54, 1.807) is 0 Å². The average molecular weight is 260 g/mol. The van der Waals surface area contributed by atoms with E-state index in [0.717, 1.165) is 49.8 Å². The van der Waals surface area contributed by atoms with Gasteiger partial charge < -0.3 is 15.0 Å². The van der Waals surface area contributed by atoms with Gasteiger partial charge >= 0.3 is 0 Å². The second kappa shape index (κ2) is 5.11. The lowest BCUT2D eigenvalue weighted by Gasteiger charge is -2.31. The van der Waals surface area contributed by atoms with Gasteiger partial charge in [0.2, 0.25) is 0 Å². The van der Waals surface area contributed by atoms with E-state index in [9.17, 15) is 4.79 Å². The van der Waals surface area contributed by atoms with E-state index in [4.69, 9.17) is 4.74 Å². The van der Waals surface area contributed by atoms with Crippen molar-refractivity contribution in [1.82, 2.24) is 4.90 Å². The van der Waals surface area contributed by atoms with Gasteiger partial charge in [-0.2, -0.15) is 0 Å². The van der Waals surface area contributed by atoms with Crippen molar-refractivity contribution in [3.8, 4) is 5.75 Å². The van der Waals surface area contributed by atoms with Crippen molar-refractivity contribution in [2.75, 3.05) is 31.6 Å². The molecule has 102 valence electrons. The van der Waals surface area contributed by atoms with Crippen LogP contribution >= 0.6 is 0 Å². The second-order valence-corrected chi connectivity index (χ2v) is 5.43. The Hall–Kier alpha value is -1.71. The molecule has 2 heterocycles. The number of anilines is 1. The van der Waals surface area contributed by atoms with E-state index in [-0.39, 0.29) is 5.91 Å². The zero-order chi connectivity index (χ0) is 13.2. The second-order valence-electron chi connectivity index (χ2n) is 5.43. The highest BCUT2D eigenvalue weighted by Crippen LogP contribution is 2.32. The largest absolute Gasteiger partial charge is 0.489 e. The topological polar surface area (TPSA) is 41.6 Å². The zero-order valence-corrected chi connectivity index (χ0v) is 11.3. The summed E-state index contributed by atoms with van der Waals surface area (Å²) in [5, 5.41) is 3.27. The predicted molar refractivity (Wildman–Crippen MR) is 74.7 cm³/mol. The third kappa shape index (κ3) is 2.39. The Balaban J connectivity index is 1.83. The molecule has 1 amide bonds. The van der Waals surface area contributed by atoms with Gasteiger partial charge in [-0.15, -0.1) is 0 Å². The minimum Gasteiger partial charge on any atom is -0.489 e. The van der Waals surface area contributed by atoms with E-state index in [2.05, 4.69) is 12.2 Å². The molecule has 0 bridgehead atoms. The number of nitrogens with zero attached hydrogens (tertiary/aromatic N) is 1. The number of likely N-dealkylation sites (tertiary alicyclic amines) is 1. The van der Waals surface area contributed by atoms with E-state index in [1.165, 1.54) is 0 Å². The summed E-state index contributed by atoms with van der Waals surface area (Å²) < 4.78 is 5.68. The van der Waals surface area contributed by atoms with Crippen molar-refractivity contribution < 1.29 is 9.53 Å². The fraction of sp³-hybridized carbons (Fsp3) is 0.533. The Morgan fingerprint density at radius 3 is 2.95 bits per heavy atom. The number of carbonyl (C=O) groups is 1. The number of amides is 1. The molecular weight excluding hydrogens is 240 g/mol. The van der Waals surface area contributed by atoms with Crippen molar-refractivity contribution in [1.29, 1.82) is 0 Å². The normalized spacial score (nSPS) is 19.3. The molecule has 0 aromatic heterocycles. The first-order chi connectivity index (χ1) is 9.25. The summed E-state index contributed by atoms with van der Waals surface area (Å²) in [6.07, 6.45) is 2.19. The number of ether oxygens (including phenoxy) is 1. The summed E-state index contributed by atoms with van der Waals surface area (Å²) in [6, 6.07) is 5.75. The number of carbonyl (C=O) groups excluding carboxylic acids is 1. The molecule has 1 N–H and O–H groups in total. The highest BCUT2D eigenvalue weighted by molar-refractivity contribution is 5.99. The molecule has 1 aromatic rings. The molecule has 4 nitrogen and oxygen atoms in total. The van der Waals surface area contributed by atoms with E-state index in [1.807, 2.05) is 23.1 Å². The SMILES string of the molecule is CC1CCN(C(=O)c2cccc3c2OCCN3)CC1. The van der Waals surface area contributed by atoms with Crippen LogP contribution in [-0.2, 0) is 0 Å². The minimum absolute atomic E-state index is 0.104. The molecule has 0 saturated carbocycles. The number of fused-ring (bicyclic) bond motifs is 1. The summed E-state index contributed by atoms with van der Waals surface area (Å²) >= 11 is 0. The van der Waals surface area contributed by atoms with Crippen molar-refractivity contribution >= 4 is 11.6 Å². The van der Waals surface area contributed by atoms with Gasteiger partial charge in [-0.1, -0.05) is 13.0 Å². The predicted octanol–water partition coefficient (Wildman–Crippen LogP) is 2.36. The Kier molecular flexibility index (Phi) is 3.32. The number of para-hydroxylation sites is 1. The smallest absolute Gasteiger partial charge is 0.257 e. The molecule has 0 atom stereocenters. The molecule has 19 heavy (non-hydrogen) atoms. The van der Waals surface area contributed by atoms with Crippen molar-refractivity contribution in [2.24, 2.45) is 5.92 Å². The van der Waals surface area contributed by atoms with Gasteiger partial charge in [0.05, 0.1) is 11.3 Å². The number of rotatable bonds is 1. The molecule has 0 unspecified atom stereocenters. The van der Waals surface area contributed by atoms with Crippen LogP contribution in [0.1, 0.15) is 30.1 Å². The first-order valence-corrected chi connectivity index (χ1v) is 7.04. The van der Waals surface area contributed by atoms with Gasteiger partial charge in [-0.05, 0) is 30.9 Å². The lowest BCUT2D eigenvalue weighted by Crippen LogP contribution is -2.38. The van der Waals surface area contributed by atoms with Crippen molar-refractivity contribution in [3.63, 3.8) is 0 Å². The number of piperidine rings is 1. The number of benzene rings is 1. The van der Waals surface area contributed by atoms with Gasteiger partial charge in [-0.25, -0.2) is 0 Å². The van der Waals surface area contributed by atoms with Gasteiger partial charge in [0.15, 0.2) is 5.75 Å². The maximum absolute atomic E-state index is 12.6. The van der Waals surface area contributed by atoms with Crippen LogP contribution in [0, 0.1) is 5.92 Å². The van der Waals surface area contributed by atoms with Crippen LogP contribution < -0.4 is 10.1 Å². The lowest BCUT2D eigenvalue weighted by molar-refractivity contribution is 0.0693. The monoisotopic (exact) mass is 260 g/mol. The molecule has 2 aliphatic heterocycles. The van der Waals surface area contributed by atoms with Gasteiger partial charge in [0.25, 0.3) is 5.91 Å². The summed E-state index contributed by atoms with van der Waals surface area (Å²) in [6.45, 7) is 5.38. The summed E-state index contributed by atoms with van der Waals surface area (Å²) in [5.41, 5.74) is 1.63. The van der Waals surface area contributed by atoms with E-state index >= 15 is 0 Å². The zero-order valence-electron chi connectivity index (χ0n) is 11.3. The van der Waals surface area contributed by atoms with Crippen LogP contribution in [0.25, 0.3) is 0 Å². The van der Waals surface area contributed by atoms with Gasteiger partial charge in [-0.3, -0.25) is 4.79 Å². The van der Waals surface area contributed by atoms with Crippen molar-refractivity contribution in [2.45, 2.75) is 19.8 Å². The Labute approximate surface area is 113 Å². The number of hydrogen-bond acceptors (Lipinski definition) is 3. The van der Waals surface area contributed by atoms with E-state index in [0.29, 0.717) is 12.2 Å². The number of nitrogens with one attached hydrogen (secondary N) is 1. The summed E-state index contributed by atoms with van der Waals surface area (Å²) in [7, 11) is 0. The van der Waals surface area contributed by atoms with Crippen LogP contribution in [0.4, 0.5) is 5.69 Å². The third-order valence-corrected chi connectivity index (χ3v) is 3.98. The first kappa shape index (κ1) is 12.3. The summed E-state index contributed by atoms with van der Waals surface area (Å²) in [4.78, 5) is 14.5. The standard InChI is InChI=1S/C15H20N2O2/c1-11-5-8-17(9-6-11)15(18)12-3-2-4-13-14(12)19-10-7-16-13/h2-4,11,16H,5-10H2,1H3. The highest BCUT2D eigenvalue weighted by Gasteiger charge is 2.25.